The van der Waals surface area contributed by atoms with E-state index in [-0.39, 0.29) is 12.4 Å². The molecule has 1 heterocycles. The number of rotatable bonds is 5. The molecule has 1 aromatic heterocycles. The van der Waals surface area contributed by atoms with Crippen LogP contribution in [-0.2, 0) is 11.3 Å². The number of benzene rings is 1. The third-order valence-corrected chi connectivity index (χ3v) is 2.58. The molecule has 5 nitrogen and oxygen atoms in total. The van der Waals surface area contributed by atoms with E-state index in [0.29, 0.717) is 17.3 Å². The maximum atomic E-state index is 12.2. The molecule has 0 radical (unpaired) electrons. The minimum atomic E-state index is -0.453. The van der Waals surface area contributed by atoms with Crippen molar-refractivity contribution in [3.8, 4) is 0 Å². The van der Waals surface area contributed by atoms with E-state index in [9.17, 15) is 4.79 Å². The van der Waals surface area contributed by atoms with Crippen molar-refractivity contribution in [3.63, 3.8) is 0 Å². The highest BCUT2D eigenvalue weighted by atomic mass is 16.5. The summed E-state index contributed by atoms with van der Waals surface area (Å²) >= 11 is 0. The first-order valence-corrected chi connectivity index (χ1v) is 5.63. The van der Waals surface area contributed by atoms with Gasteiger partial charge in [-0.05, 0) is 6.92 Å². The van der Waals surface area contributed by atoms with Gasteiger partial charge in [0.05, 0.1) is 5.92 Å². The molecule has 0 aliphatic carbocycles. The van der Waals surface area contributed by atoms with E-state index in [2.05, 4.69) is 10.1 Å². The molecule has 1 aromatic carbocycles. The second kappa shape index (κ2) is 5.55. The quantitative estimate of drug-likeness (QED) is 0.757. The first-order valence-electron chi connectivity index (χ1n) is 5.63. The molecule has 5 heteroatoms. The molecule has 0 aliphatic rings. The van der Waals surface area contributed by atoms with Gasteiger partial charge in [0, 0.05) is 12.7 Å². The summed E-state index contributed by atoms with van der Waals surface area (Å²) in [7, 11) is 1.55. The molecule has 1 unspecified atom stereocenters. The Labute approximate surface area is 105 Å². The SMILES string of the molecule is COCc1noc(C(C)C(=O)c2ccccc2)n1. The average molecular weight is 246 g/mol. The van der Waals surface area contributed by atoms with Crippen molar-refractivity contribution in [1.82, 2.24) is 10.1 Å². The number of carbonyl (C=O) groups is 1. The monoisotopic (exact) mass is 246 g/mol. The molecule has 0 N–H and O–H groups in total. The molecular weight excluding hydrogens is 232 g/mol. The van der Waals surface area contributed by atoms with Gasteiger partial charge in [-0.15, -0.1) is 0 Å². The maximum absolute atomic E-state index is 12.2. The molecule has 0 fully saturated rings. The van der Waals surface area contributed by atoms with Crippen molar-refractivity contribution in [3.05, 3.63) is 47.6 Å². The summed E-state index contributed by atoms with van der Waals surface area (Å²) in [6.45, 7) is 2.02. The smallest absolute Gasteiger partial charge is 0.237 e. The lowest BCUT2D eigenvalue weighted by Crippen LogP contribution is -2.10. The molecule has 18 heavy (non-hydrogen) atoms. The van der Waals surface area contributed by atoms with Gasteiger partial charge in [0.2, 0.25) is 5.89 Å². The predicted octanol–water partition coefficient (Wildman–Crippen LogP) is 2.20. The molecule has 2 rings (SSSR count). The topological polar surface area (TPSA) is 65.2 Å². The molecule has 0 saturated carbocycles. The van der Waals surface area contributed by atoms with Gasteiger partial charge in [-0.3, -0.25) is 4.79 Å². The summed E-state index contributed by atoms with van der Waals surface area (Å²) in [6, 6.07) is 9.05. The Morgan fingerprint density at radius 1 is 1.39 bits per heavy atom. The zero-order chi connectivity index (χ0) is 13.0. The Hall–Kier alpha value is -2.01. The minimum Gasteiger partial charge on any atom is -0.377 e. The lowest BCUT2D eigenvalue weighted by Gasteiger charge is -2.04. The number of methoxy groups -OCH3 is 1. The van der Waals surface area contributed by atoms with E-state index in [4.69, 9.17) is 9.26 Å². The fraction of sp³-hybridized carbons (Fsp3) is 0.308. The highest BCUT2D eigenvalue weighted by Gasteiger charge is 2.22. The summed E-state index contributed by atoms with van der Waals surface area (Å²) in [5.74, 6) is 0.268. The Balaban J connectivity index is 2.15. The van der Waals surface area contributed by atoms with Crippen molar-refractivity contribution in [2.45, 2.75) is 19.4 Å². The van der Waals surface area contributed by atoms with Crippen molar-refractivity contribution in [2.75, 3.05) is 7.11 Å². The molecule has 1 atom stereocenters. The van der Waals surface area contributed by atoms with Crippen molar-refractivity contribution >= 4 is 5.78 Å². The highest BCUT2D eigenvalue weighted by molar-refractivity contribution is 6.00. The van der Waals surface area contributed by atoms with Crippen LogP contribution in [0.3, 0.4) is 0 Å². The van der Waals surface area contributed by atoms with Gasteiger partial charge in [-0.1, -0.05) is 35.5 Å². The van der Waals surface area contributed by atoms with Gasteiger partial charge in [-0.2, -0.15) is 4.98 Å². The van der Waals surface area contributed by atoms with Crippen LogP contribution in [0.1, 0.15) is 34.9 Å². The molecule has 0 aliphatic heterocycles. The predicted molar refractivity (Wildman–Crippen MR) is 64.2 cm³/mol. The molecule has 94 valence electrons. The van der Waals surface area contributed by atoms with E-state index in [1.165, 1.54) is 0 Å². The summed E-state index contributed by atoms with van der Waals surface area (Å²) in [4.78, 5) is 16.3. The van der Waals surface area contributed by atoms with Crippen molar-refractivity contribution in [1.29, 1.82) is 0 Å². The van der Waals surface area contributed by atoms with E-state index in [1.54, 1.807) is 26.2 Å². The molecule has 2 aromatic rings. The summed E-state index contributed by atoms with van der Waals surface area (Å²) < 4.78 is 9.96. The largest absolute Gasteiger partial charge is 0.377 e. The first kappa shape index (κ1) is 12.4. The highest BCUT2D eigenvalue weighted by Crippen LogP contribution is 2.18. The Morgan fingerprint density at radius 3 is 2.78 bits per heavy atom. The van der Waals surface area contributed by atoms with E-state index < -0.39 is 5.92 Å². The van der Waals surface area contributed by atoms with Crippen LogP contribution in [0.15, 0.2) is 34.9 Å². The number of Topliss-reactive ketones (excluding diaryl/α,β-unsaturated/α-hetero) is 1. The molecule has 0 bridgehead atoms. The van der Waals surface area contributed by atoms with Crippen LogP contribution >= 0.6 is 0 Å². The van der Waals surface area contributed by atoms with Gasteiger partial charge in [0.25, 0.3) is 0 Å². The van der Waals surface area contributed by atoms with Crippen molar-refractivity contribution in [2.24, 2.45) is 0 Å². The summed E-state index contributed by atoms with van der Waals surface area (Å²) in [6.07, 6.45) is 0. The summed E-state index contributed by atoms with van der Waals surface area (Å²) in [5, 5.41) is 3.74. The maximum Gasteiger partial charge on any atom is 0.237 e. The number of carbonyl (C=O) groups excluding carboxylic acids is 1. The van der Waals surface area contributed by atoms with Crippen LogP contribution in [0.5, 0.6) is 0 Å². The number of ketones is 1. The van der Waals surface area contributed by atoms with Crippen LogP contribution in [0.25, 0.3) is 0 Å². The zero-order valence-electron chi connectivity index (χ0n) is 10.3. The number of hydrogen-bond acceptors (Lipinski definition) is 5. The third-order valence-electron chi connectivity index (χ3n) is 2.58. The summed E-state index contributed by atoms with van der Waals surface area (Å²) in [5.41, 5.74) is 0.636. The normalized spacial score (nSPS) is 12.3. The standard InChI is InChI=1S/C13H14N2O3/c1-9(12(16)10-6-4-3-5-7-10)13-14-11(8-17-2)15-18-13/h3-7,9H,8H2,1-2H3. The fourth-order valence-corrected chi connectivity index (χ4v) is 1.60. The zero-order valence-corrected chi connectivity index (χ0v) is 10.3. The van der Waals surface area contributed by atoms with Gasteiger partial charge in [-0.25, -0.2) is 0 Å². The first-order chi connectivity index (χ1) is 8.72. The molecule has 0 spiro atoms. The van der Waals surface area contributed by atoms with Crippen LogP contribution in [-0.4, -0.2) is 23.0 Å². The number of hydrogen-bond donors (Lipinski definition) is 0. The number of aromatic nitrogens is 2. The Bertz CT molecular complexity index is 522. The second-order valence-corrected chi connectivity index (χ2v) is 3.93. The van der Waals surface area contributed by atoms with Crippen LogP contribution < -0.4 is 0 Å². The molecule has 0 amide bonds. The van der Waals surface area contributed by atoms with Gasteiger partial charge < -0.3 is 9.26 Å². The van der Waals surface area contributed by atoms with Gasteiger partial charge in [0.1, 0.15) is 6.61 Å². The Morgan fingerprint density at radius 2 is 2.11 bits per heavy atom. The number of ether oxygens (including phenoxy) is 1. The molecule has 0 saturated heterocycles. The van der Waals surface area contributed by atoms with Crippen LogP contribution in [0, 0.1) is 0 Å². The van der Waals surface area contributed by atoms with E-state index >= 15 is 0 Å². The Kier molecular flexibility index (Phi) is 3.84. The average Bonchev–Trinajstić information content (AvgIpc) is 2.87. The third kappa shape index (κ3) is 2.62. The van der Waals surface area contributed by atoms with Gasteiger partial charge in [0.15, 0.2) is 11.6 Å². The van der Waals surface area contributed by atoms with Crippen molar-refractivity contribution < 1.29 is 14.1 Å². The molecular formula is C13H14N2O3. The number of nitrogens with zero attached hydrogens (tertiary/aromatic N) is 2. The fourth-order valence-electron chi connectivity index (χ4n) is 1.60. The van der Waals surface area contributed by atoms with E-state index in [1.807, 2.05) is 18.2 Å². The lowest BCUT2D eigenvalue weighted by molar-refractivity contribution is 0.0951. The minimum absolute atomic E-state index is 0.0387. The lowest BCUT2D eigenvalue weighted by atomic mass is 9.99. The van der Waals surface area contributed by atoms with Crippen LogP contribution in [0.2, 0.25) is 0 Å². The van der Waals surface area contributed by atoms with Crippen LogP contribution in [0.4, 0.5) is 0 Å². The van der Waals surface area contributed by atoms with E-state index in [0.717, 1.165) is 0 Å². The second-order valence-electron chi connectivity index (χ2n) is 3.93. The van der Waals surface area contributed by atoms with Gasteiger partial charge >= 0.3 is 0 Å².